The summed E-state index contributed by atoms with van der Waals surface area (Å²) in [6.45, 7) is 8.21. The van der Waals surface area contributed by atoms with Gasteiger partial charge in [0.2, 0.25) is 5.91 Å². The third kappa shape index (κ3) is 6.60. The molecule has 1 aromatic heterocycles. The third-order valence-corrected chi connectivity index (χ3v) is 10.2. The Morgan fingerprint density at radius 3 is 2.52 bits per heavy atom. The van der Waals surface area contributed by atoms with Crippen LogP contribution in [0.25, 0.3) is 10.8 Å². The van der Waals surface area contributed by atoms with E-state index in [4.69, 9.17) is 15.2 Å². The van der Waals surface area contributed by atoms with Gasteiger partial charge in [0.1, 0.15) is 11.9 Å². The summed E-state index contributed by atoms with van der Waals surface area (Å²) in [7, 11) is -3.47. The van der Waals surface area contributed by atoms with E-state index < -0.39 is 15.9 Å². The Labute approximate surface area is 259 Å². The van der Waals surface area contributed by atoms with Crippen LogP contribution >= 0.6 is 0 Å². The molecule has 9 nitrogen and oxygen atoms in total. The van der Waals surface area contributed by atoms with Crippen molar-refractivity contribution in [2.24, 2.45) is 0 Å². The molecule has 3 aromatic carbocycles. The summed E-state index contributed by atoms with van der Waals surface area (Å²) in [6.07, 6.45) is 3.92. The van der Waals surface area contributed by atoms with Crippen molar-refractivity contribution in [1.29, 1.82) is 0 Å². The Morgan fingerprint density at radius 1 is 1.05 bits per heavy atom. The first-order chi connectivity index (χ1) is 21.1. The van der Waals surface area contributed by atoms with Gasteiger partial charge in [0, 0.05) is 23.8 Å². The van der Waals surface area contributed by atoms with Gasteiger partial charge in [-0.1, -0.05) is 30.7 Å². The lowest BCUT2D eigenvalue weighted by Gasteiger charge is -2.26. The number of carbonyl (C=O) groups excluding carboxylic acids is 1. The minimum Gasteiger partial charge on any atom is -0.490 e. The molecule has 232 valence electrons. The topological polar surface area (TPSA) is 133 Å². The number of aryl methyl sites for hydroxylation is 1. The largest absolute Gasteiger partial charge is 0.490 e. The molecule has 44 heavy (non-hydrogen) atoms. The highest BCUT2D eigenvalue weighted by molar-refractivity contribution is 7.92. The molecule has 1 aliphatic carbocycles. The van der Waals surface area contributed by atoms with Crippen LogP contribution in [0.3, 0.4) is 0 Å². The molecule has 1 atom stereocenters. The maximum absolute atomic E-state index is 14.0. The van der Waals surface area contributed by atoms with Crippen LogP contribution in [0.1, 0.15) is 62.8 Å². The normalized spacial score (nSPS) is 14.2. The number of fused-ring (bicyclic) bond motifs is 1. The number of pyridine rings is 1. The fourth-order valence-electron chi connectivity index (χ4n) is 5.35. The number of benzene rings is 3. The zero-order valence-corrected chi connectivity index (χ0v) is 26.4. The van der Waals surface area contributed by atoms with Crippen LogP contribution in [0.15, 0.2) is 71.8 Å². The van der Waals surface area contributed by atoms with Crippen molar-refractivity contribution < 1.29 is 22.7 Å². The number of ether oxygens (including phenoxy) is 2. The minimum absolute atomic E-state index is 0.0590. The second-order valence-corrected chi connectivity index (χ2v) is 13.6. The molecule has 0 saturated heterocycles. The summed E-state index contributed by atoms with van der Waals surface area (Å²) in [5.74, 6) is 1.23. The van der Waals surface area contributed by atoms with E-state index in [0.717, 1.165) is 22.8 Å². The smallest absolute Gasteiger partial charge is 0.247 e. The predicted molar refractivity (Wildman–Crippen MR) is 174 cm³/mol. The number of hydrogen-bond acceptors (Lipinski definition) is 8. The summed E-state index contributed by atoms with van der Waals surface area (Å²) < 4.78 is 38.4. The Balaban J connectivity index is 1.48. The fourth-order valence-corrected chi connectivity index (χ4v) is 7.44. The predicted octanol–water partition coefficient (Wildman–Crippen LogP) is 6.11. The van der Waals surface area contributed by atoms with E-state index in [1.165, 1.54) is 0 Å². The van der Waals surface area contributed by atoms with E-state index in [1.807, 2.05) is 58.0 Å². The number of aromatic nitrogens is 1. The lowest BCUT2D eigenvalue weighted by Crippen LogP contribution is -2.34. The molecule has 0 spiro atoms. The molecular formula is C34H40N4O5S. The van der Waals surface area contributed by atoms with Crippen LogP contribution in [0, 0.1) is 6.92 Å². The fraction of sp³-hybridized carbons (Fsp3) is 0.353. The zero-order valence-electron chi connectivity index (χ0n) is 25.6. The Bertz CT molecular complexity index is 1770. The van der Waals surface area contributed by atoms with Crippen LogP contribution in [-0.2, 0) is 21.2 Å². The Morgan fingerprint density at radius 2 is 1.82 bits per heavy atom. The first-order valence-corrected chi connectivity index (χ1v) is 16.6. The van der Waals surface area contributed by atoms with E-state index in [2.05, 4.69) is 15.6 Å². The quantitative estimate of drug-likeness (QED) is 0.174. The van der Waals surface area contributed by atoms with E-state index in [0.29, 0.717) is 53.6 Å². The highest BCUT2D eigenvalue weighted by Gasteiger charge is 2.34. The molecule has 10 heteroatoms. The van der Waals surface area contributed by atoms with E-state index in [1.54, 1.807) is 36.5 Å². The van der Waals surface area contributed by atoms with Gasteiger partial charge in [-0.05, 0) is 99.0 Å². The van der Waals surface area contributed by atoms with Crippen molar-refractivity contribution >= 4 is 38.0 Å². The minimum atomic E-state index is -3.47. The summed E-state index contributed by atoms with van der Waals surface area (Å²) >= 11 is 0. The van der Waals surface area contributed by atoms with Gasteiger partial charge in [-0.25, -0.2) is 13.4 Å². The molecule has 0 radical (unpaired) electrons. The zero-order chi connectivity index (χ0) is 31.4. The summed E-state index contributed by atoms with van der Waals surface area (Å²) in [4.78, 5) is 18.5. The van der Waals surface area contributed by atoms with Crippen molar-refractivity contribution in [3.05, 3.63) is 83.6 Å². The highest BCUT2D eigenvalue weighted by atomic mass is 32.2. The molecule has 0 aliphatic heterocycles. The first-order valence-electron chi connectivity index (χ1n) is 15.0. The van der Waals surface area contributed by atoms with Crippen molar-refractivity contribution in [3.8, 4) is 11.5 Å². The highest BCUT2D eigenvalue weighted by Crippen LogP contribution is 2.35. The molecule has 0 bridgehead atoms. The molecule has 5 rings (SSSR count). The molecular weight excluding hydrogens is 576 g/mol. The molecule has 4 N–H and O–H groups in total. The number of anilines is 2. The van der Waals surface area contributed by atoms with Gasteiger partial charge >= 0.3 is 0 Å². The van der Waals surface area contributed by atoms with Crippen LogP contribution in [0.2, 0.25) is 0 Å². The molecule has 1 fully saturated rings. The number of nitrogens with one attached hydrogen (secondary N) is 2. The van der Waals surface area contributed by atoms with Crippen molar-refractivity contribution in [2.75, 3.05) is 17.7 Å². The number of carbonyl (C=O) groups is 1. The van der Waals surface area contributed by atoms with Crippen LogP contribution in [0.4, 0.5) is 11.5 Å². The van der Waals surface area contributed by atoms with Gasteiger partial charge in [-0.2, -0.15) is 0 Å². The standard InChI is InChI=1S/C34H40N4O5S/c1-5-42-30-17-23(13-16-29(30)43-21(2)3)32(38-25-14-15-27-28(18-25)22(4)19-36-33(27)35)34(39)37-20-24-9-6-7-12-31(24)44(40,41)26-10-8-11-26/h6-7,9,12-19,21,26,32,38H,5,8,10-11,20H2,1-4H3,(H2,35,36)(H,37,39). The van der Waals surface area contributed by atoms with Crippen molar-refractivity contribution in [3.63, 3.8) is 0 Å². The van der Waals surface area contributed by atoms with Gasteiger partial charge in [0.05, 0.1) is 22.9 Å². The van der Waals surface area contributed by atoms with Gasteiger partial charge in [0.25, 0.3) is 0 Å². The number of hydrogen-bond donors (Lipinski definition) is 3. The number of rotatable bonds is 12. The van der Waals surface area contributed by atoms with Gasteiger partial charge in [-0.3, -0.25) is 4.79 Å². The second-order valence-electron chi connectivity index (χ2n) is 11.4. The number of sulfone groups is 1. The Hall–Kier alpha value is -4.31. The second kappa shape index (κ2) is 13.1. The first kappa shape index (κ1) is 31.1. The monoisotopic (exact) mass is 616 g/mol. The van der Waals surface area contributed by atoms with Crippen molar-refractivity contribution in [2.45, 2.75) is 75.8 Å². The summed E-state index contributed by atoms with van der Waals surface area (Å²) in [5, 5.41) is 7.78. The number of nitrogens with zero attached hydrogens (tertiary/aromatic N) is 1. The van der Waals surface area contributed by atoms with E-state index in [-0.39, 0.29) is 28.7 Å². The molecule has 1 saturated carbocycles. The molecule has 1 amide bonds. The maximum Gasteiger partial charge on any atom is 0.247 e. The molecule has 1 heterocycles. The SMILES string of the molecule is CCOc1cc(C(Nc2ccc3c(N)ncc(C)c3c2)C(=O)NCc2ccccc2S(=O)(=O)C2CCC2)ccc1OC(C)C. The maximum atomic E-state index is 14.0. The summed E-state index contributed by atoms with van der Waals surface area (Å²) in [6, 6.07) is 17.2. The third-order valence-electron chi connectivity index (χ3n) is 7.88. The number of nitrogen functional groups attached to an aromatic ring is 1. The Kier molecular flexibility index (Phi) is 9.29. The van der Waals surface area contributed by atoms with Crippen LogP contribution in [-0.4, -0.2) is 37.3 Å². The molecule has 1 aliphatic rings. The van der Waals surface area contributed by atoms with Crippen LogP contribution in [0.5, 0.6) is 11.5 Å². The number of nitrogens with two attached hydrogens (primary N) is 1. The lowest BCUT2D eigenvalue weighted by atomic mass is 10.00. The molecule has 4 aromatic rings. The van der Waals surface area contributed by atoms with Gasteiger partial charge in [-0.15, -0.1) is 0 Å². The van der Waals surface area contributed by atoms with Crippen LogP contribution < -0.4 is 25.8 Å². The van der Waals surface area contributed by atoms with E-state index >= 15 is 0 Å². The molecule has 1 unspecified atom stereocenters. The summed E-state index contributed by atoms with van der Waals surface area (Å²) in [5.41, 5.74) is 9.00. The van der Waals surface area contributed by atoms with Gasteiger partial charge < -0.3 is 25.8 Å². The number of amides is 1. The average Bonchev–Trinajstić information content (AvgIpc) is 2.96. The average molecular weight is 617 g/mol. The van der Waals surface area contributed by atoms with Gasteiger partial charge in [0.15, 0.2) is 21.3 Å². The van der Waals surface area contributed by atoms with E-state index in [9.17, 15) is 13.2 Å². The lowest BCUT2D eigenvalue weighted by molar-refractivity contribution is -0.122. The van der Waals surface area contributed by atoms with Crippen molar-refractivity contribution in [1.82, 2.24) is 10.3 Å².